The summed E-state index contributed by atoms with van der Waals surface area (Å²) in [5, 5.41) is 0. The first-order valence-electron chi connectivity index (χ1n) is 6.33. The van der Waals surface area contributed by atoms with Crippen molar-refractivity contribution < 1.29 is 23.9 Å². The number of benzene rings is 1. The molecule has 108 valence electrons. The normalized spacial score (nSPS) is 10.1. The summed E-state index contributed by atoms with van der Waals surface area (Å²) >= 11 is 0. The number of rotatable bonds is 9. The van der Waals surface area contributed by atoms with Crippen LogP contribution in [0.5, 0.6) is 0 Å². The van der Waals surface area contributed by atoms with E-state index in [4.69, 9.17) is 4.74 Å². The molecule has 0 aliphatic rings. The maximum atomic E-state index is 11.5. The Kier molecular flexibility index (Phi) is 7.21. The molecule has 0 saturated heterocycles. The second-order valence-electron chi connectivity index (χ2n) is 4.30. The van der Waals surface area contributed by atoms with E-state index < -0.39 is 11.8 Å². The molecule has 5 nitrogen and oxygen atoms in total. The molecule has 0 spiro atoms. The number of carbonyl (C=O) groups is 3. The van der Waals surface area contributed by atoms with Crippen LogP contribution in [0.25, 0.3) is 0 Å². The zero-order valence-corrected chi connectivity index (χ0v) is 11.5. The van der Waals surface area contributed by atoms with Crippen molar-refractivity contribution in [1.29, 1.82) is 0 Å². The fourth-order valence-corrected chi connectivity index (χ4v) is 1.55. The predicted octanol–water partition coefficient (Wildman–Crippen LogP) is 1.68. The van der Waals surface area contributed by atoms with Gasteiger partial charge in [-0.05, 0) is 5.56 Å². The van der Waals surface area contributed by atoms with Crippen LogP contribution in [-0.2, 0) is 30.5 Å². The Balaban J connectivity index is 2.14. The van der Waals surface area contributed by atoms with Gasteiger partial charge in [0.1, 0.15) is 12.2 Å². The SMILES string of the molecule is COC(=O)CC(=O)CC(=O)CCOCc1ccccc1. The van der Waals surface area contributed by atoms with Crippen LogP contribution < -0.4 is 0 Å². The summed E-state index contributed by atoms with van der Waals surface area (Å²) in [6.07, 6.45) is -0.434. The quantitative estimate of drug-likeness (QED) is 0.390. The van der Waals surface area contributed by atoms with E-state index in [9.17, 15) is 14.4 Å². The monoisotopic (exact) mass is 278 g/mol. The number of methoxy groups -OCH3 is 1. The highest BCUT2D eigenvalue weighted by Crippen LogP contribution is 2.02. The van der Waals surface area contributed by atoms with Crippen LogP contribution in [0.4, 0.5) is 0 Å². The highest BCUT2D eigenvalue weighted by Gasteiger charge is 2.13. The largest absolute Gasteiger partial charge is 0.469 e. The molecular formula is C15H18O5. The lowest BCUT2D eigenvalue weighted by Gasteiger charge is -2.04. The molecule has 1 aromatic rings. The Morgan fingerprint density at radius 3 is 2.35 bits per heavy atom. The highest BCUT2D eigenvalue weighted by molar-refractivity contribution is 6.05. The molecule has 0 unspecified atom stereocenters. The average Bonchev–Trinajstić information content (AvgIpc) is 2.44. The lowest BCUT2D eigenvalue weighted by atomic mass is 10.1. The fourth-order valence-electron chi connectivity index (χ4n) is 1.55. The molecule has 0 aliphatic heterocycles. The Hall–Kier alpha value is -2.01. The summed E-state index contributed by atoms with van der Waals surface area (Å²) in [7, 11) is 1.20. The fraction of sp³-hybridized carbons (Fsp3) is 0.400. The maximum Gasteiger partial charge on any atom is 0.313 e. The Bertz CT molecular complexity index is 453. The van der Waals surface area contributed by atoms with Crippen LogP contribution in [0.15, 0.2) is 30.3 Å². The molecule has 20 heavy (non-hydrogen) atoms. The standard InChI is InChI=1S/C15H18O5/c1-19-15(18)10-14(17)9-13(16)7-8-20-11-12-5-3-2-4-6-12/h2-6H,7-11H2,1H3. The lowest BCUT2D eigenvalue weighted by molar-refractivity contribution is -0.143. The summed E-state index contributed by atoms with van der Waals surface area (Å²) < 4.78 is 9.70. The van der Waals surface area contributed by atoms with Crippen molar-refractivity contribution in [3.63, 3.8) is 0 Å². The van der Waals surface area contributed by atoms with Gasteiger partial charge < -0.3 is 9.47 Å². The van der Waals surface area contributed by atoms with Gasteiger partial charge in [0.15, 0.2) is 5.78 Å². The van der Waals surface area contributed by atoms with E-state index in [1.165, 1.54) is 7.11 Å². The number of esters is 1. The molecule has 0 heterocycles. The third kappa shape index (κ3) is 6.80. The number of hydrogen-bond acceptors (Lipinski definition) is 5. The van der Waals surface area contributed by atoms with Crippen LogP contribution in [0.1, 0.15) is 24.8 Å². The molecular weight excluding hydrogens is 260 g/mol. The van der Waals surface area contributed by atoms with Crippen LogP contribution in [0.3, 0.4) is 0 Å². The third-order valence-electron chi connectivity index (χ3n) is 2.60. The van der Waals surface area contributed by atoms with Crippen molar-refractivity contribution in [3.05, 3.63) is 35.9 Å². The van der Waals surface area contributed by atoms with Crippen LogP contribution in [0, 0.1) is 0 Å². The average molecular weight is 278 g/mol. The molecule has 0 radical (unpaired) electrons. The molecule has 1 aromatic carbocycles. The molecule has 0 aromatic heterocycles. The van der Waals surface area contributed by atoms with Gasteiger partial charge in [0.05, 0.1) is 26.7 Å². The van der Waals surface area contributed by atoms with Gasteiger partial charge >= 0.3 is 5.97 Å². The van der Waals surface area contributed by atoms with Crippen molar-refractivity contribution in [1.82, 2.24) is 0 Å². The Labute approximate surface area is 117 Å². The zero-order valence-electron chi connectivity index (χ0n) is 11.5. The van der Waals surface area contributed by atoms with Gasteiger partial charge in [-0.2, -0.15) is 0 Å². The van der Waals surface area contributed by atoms with Crippen molar-refractivity contribution in [3.8, 4) is 0 Å². The van der Waals surface area contributed by atoms with Crippen LogP contribution in [0.2, 0.25) is 0 Å². The molecule has 1 rings (SSSR count). The predicted molar refractivity (Wildman–Crippen MR) is 72.0 cm³/mol. The topological polar surface area (TPSA) is 69.7 Å². The van der Waals surface area contributed by atoms with Crippen molar-refractivity contribution in [2.45, 2.75) is 25.9 Å². The molecule has 0 N–H and O–H groups in total. The van der Waals surface area contributed by atoms with E-state index in [1.807, 2.05) is 30.3 Å². The first kappa shape index (κ1) is 16.0. The van der Waals surface area contributed by atoms with Crippen molar-refractivity contribution in [2.24, 2.45) is 0 Å². The van der Waals surface area contributed by atoms with Gasteiger partial charge in [0.2, 0.25) is 0 Å². The highest BCUT2D eigenvalue weighted by atomic mass is 16.5. The summed E-state index contributed by atoms with van der Waals surface area (Å²) in [4.78, 5) is 33.6. The van der Waals surface area contributed by atoms with Crippen molar-refractivity contribution >= 4 is 17.5 Å². The maximum absolute atomic E-state index is 11.5. The summed E-state index contributed by atoms with van der Waals surface area (Å²) in [5.41, 5.74) is 1.03. The second-order valence-corrected chi connectivity index (χ2v) is 4.30. The molecule has 0 bridgehead atoms. The minimum atomic E-state index is -0.622. The van der Waals surface area contributed by atoms with E-state index in [0.717, 1.165) is 5.56 Å². The van der Waals surface area contributed by atoms with Gasteiger partial charge in [-0.1, -0.05) is 30.3 Å². The molecule has 5 heteroatoms. The molecule has 0 atom stereocenters. The number of hydrogen-bond donors (Lipinski definition) is 0. The first-order valence-corrected chi connectivity index (χ1v) is 6.33. The number of ketones is 2. The van der Waals surface area contributed by atoms with Gasteiger partial charge in [-0.3, -0.25) is 14.4 Å². The van der Waals surface area contributed by atoms with E-state index in [1.54, 1.807) is 0 Å². The van der Waals surface area contributed by atoms with E-state index in [2.05, 4.69) is 4.74 Å². The number of carbonyl (C=O) groups excluding carboxylic acids is 3. The number of ether oxygens (including phenoxy) is 2. The second kappa shape index (κ2) is 8.98. The minimum absolute atomic E-state index is 0.166. The van der Waals surface area contributed by atoms with E-state index in [-0.39, 0.29) is 31.7 Å². The Morgan fingerprint density at radius 2 is 1.70 bits per heavy atom. The van der Waals surface area contributed by atoms with Crippen molar-refractivity contribution in [2.75, 3.05) is 13.7 Å². The van der Waals surface area contributed by atoms with E-state index >= 15 is 0 Å². The van der Waals surface area contributed by atoms with E-state index in [0.29, 0.717) is 6.61 Å². The summed E-state index contributed by atoms with van der Waals surface area (Å²) in [6, 6.07) is 9.61. The van der Waals surface area contributed by atoms with Crippen LogP contribution >= 0.6 is 0 Å². The van der Waals surface area contributed by atoms with Gasteiger partial charge in [-0.15, -0.1) is 0 Å². The molecule has 0 saturated carbocycles. The minimum Gasteiger partial charge on any atom is -0.469 e. The lowest BCUT2D eigenvalue weighted by Crippen LogP contribution is -2.14. The summed E-state index contributed by atoms with van der Waals surface area (Å²) in [5.74, 6) is -1.28. The molecule has 0 amide bonds. The number of Topliss-reactive ketones (excluding diaryl/α,β-unsaturated/α-hetero) is 2. The van der Waals surface area contributed by atoms with Crippen LogP contribution in [-0.4, -0.2) is 31.3 Å². The molecule has 0 fully saturated rings. The van der Waals surface area contributed by atoms with Gasteiger partial charge in [-0.25, -0.2) is 0 Å². The van der Waals surface area contributed by atoms with Gasteiger partial charge in [0, 0.05) is 6.42 Å². The summed E-state index contributed by atoms with van der Waals surface area (Å²) in [6.45, 7) is 0.698. The molecule has 0 aliphatic carbocycles. The zero-order chi connectivity index (χ0) is 14.8. The first-order chi connectivity index (χ1) is 9.61. The smallest absolute Gasteiger partial charge is 0.313 e. The van der Waals surface area contributed by atoms with Gasteiger partial charge in [0.25, 0.3) is 0 Å². The third-order valence-corrected chi connectivity index (χ3v) is 2.60. The Morgan fingerprint density at radius 1 is 1.00 bits per heavy atom.